The summed E-state index contributed by atoms with van der Waals surface area (Å²) < 4.78 is 0. The molecule has 1 unspecified atom stereocenters. The van der Waals surface area contributed by atoms with Gasteiger partial charge in [-0.3, -0.25) is 0 Å². The predicted molar refractivity (Wildman–Crippen MR) is 70.3 cm³/mol. The summed E-state index contributed by atoms with van der Waals surface area (Å²) in [6.45, 7) is 4.75. The van der Waals surface area contributed by atoms with E-state index in [4.69, 9.17) is 5.73 Å². The molecule has 0 radical (unpaired) electrons. The first-order chi connectivity index (χ1) is 7.68. The van der Waals surface area contributed by atoms with E-state index in [1.165, 1.54) is 57.8 Å². The number of rotatable bonds is 3. The van der Waals surface area contributed by atoms with Gasteiger partial charge >= 0.3 is 0 Å². The van der Waals surface area contributed by atoms with Crippen molar-refractivity contribution < 1.29 is 0 Å². The molecule has 1 atom stereocenters. The molecule has 0 aromatic rings. The van der Waals surface area contributed by atoms with Gasteiger partial charge in [0, 0.05) is 6.04 Å². The Hall–Kier alpha value is -0.0400. The Labute approximate surface area is 101 Å². The molecule has 0 heterocycles. The van der Waals surface area contributed by atoms with Crippen molar-refractivity contribution >= 4 is 0 Å². The summed E-state index contributed by atoms with van der Waals surface area (Å²) in [6.07, 6.45) is 12.6. The highest BCUT2D eigenvalue weighted by atomic mass is 14.7. The van der Waals surface area contributed by atoms with Gasteiger partial charge in [-0.15, -0.1) is 0 Å². The van der Waals surface area contributed by atoms with Crippen molar-refractivity contribution in [1.82, 2.24) is 0 Å². The minimum absolute atomic E-state index is 0.493. The van der Waals surface area contributed by atoms with Crippen LogP contribution in [0.3, 0.4) is 0 Å². The second-order valence-corrected chi connectivity index (χ2v) is 6.47. The monoisotopic (exact) mass is 223 g/mol. The van der Waals surface area contributed by atoms with Gasteiger partial charge < -0.3 is 5.73 Å². The average molecular weight is 223 g/mol. The fourth-order valence-electron chi connectivity index (χ4n) is 4.15. The summed E-state index contributed by atoms with van der Waals surface area (Å²) in [5.41, 5.74) is 7.16. The van der Waals surface area contributed by atoms with Gasteiger partial charge in [-0.05, 0) is 49.4 Å². The van der Waals surface area contributed by atoms with Crippen molar-refractivity contribution in [3.8, 4) is 0 Å². The molecule has 1 nitrogen and oxygen atoms in total. The Morgan fingerprint density at radius 3 is 2.19 bits per heavy atom. The van der Waals surface area contributed by atoms with Crippen LogP contribution in [0.4, 0.5) is 0 Å². The average Bonchev–Trinajstić information content (AvgIpc) is 2.79. The Morgan fingerprint density at radius 1 is 1.12 bits per heavy atom. The van der Waals surface area contributed by atoms with Crippen LogP contribution in [0, 0.1) is 17.3 Å². The molecule has 0 saturated heterocycles. The van der Waals surface area contributed by atoms with Crippen LogP contribution in [0.2, 0.25) is 0 Å². The topological polar surface area (TPSA) is 26.0 Å². The predicted octanol–water partition coefficient (Wildman–Crippen LogP) is 4.11. The molecule has 2 rings (SSSR count). The quantitative estimate of drug-likeness (QED) is 0.765. The van der Waals surface area contributed by atoms with Crippen molar-refractivity contribution in [2.75, 3.05) is 0 Å². The van der Waals surface area contributed by atoms with Gasteiger partial charge in [0.1, 0.15) is 0 Å². The summed E-state index contributed by atoms with van der Waals surface area (Å²) in [5.74, 6) is 1.78. The molecule has 1 heteroatoms. The largest absolute Gasteiger partial charge is 0.327 e. The molecule has 2 N–H and O–H groups in total. The summed E-state index contributed by atoms with van der Waals surface area (Å²) in [4.78, 5) is 0. The standard InChI is InChI=1S/C15H29N/c1-3-15(10-4-5-11-15)14(16)13-8-6-12(2)7-9-13/h12-14H,3-11,16H2,1-2H3. The van der Waals surface area contributed by atoms with Gasteiger partial charge in [0.25, 0.3) is 0 Å². The summed E-state index contributed by atoms with van der Waals surface area (Å²) >= 11 is 0. The molecule has 0 spiro atoms. The Kier molecular flexibility index (Phi) is 3.94. The van der Waals surface area contributed by atoms with Crippen LogP contribution >= 0.6 is 0 Å². The third kappa shape index (κ3) is 2.30. The molecule has 0 amide bonds. The molecule has 0 aromatic carbocycles. The first kappa shape index (κ1) is 12.4. The van der Waals surface area contributed by atoms with Crippen LogP contribution in [-0.2, 0) is 0 Å². The highest BCUT2D eigenvalue weighted by molar-refractivity contribution is 4.96. The van der Waals surface area contributed by atoms with E-state index >= 15 is 0 Å². The van der Waals surface area contributed by atoms with Gasteiger partial charge in [0.05, 0.1) is 0 Å². The lowest BCUT2D eigenvalue weighted by atomic mass is 9.67. The van der Waals surface area contributed by atoms with Gasteiger partial charge in [-0.2, -0.15) is 0 Å². The van der Waals surface area contributed by atoms with Crippen LogP contribution in [0.25, 0.3) is 0 Å². The SMILES string of the molecule is CCC1(C(N)C2CCC(C)CC2)CCCC1. The van der Waals surface area contributed by atoms with E-state index in [0.29, 0.717) is 11.5 Å². The molecule has 2 aliphatic carbocycles. The molecule has 2 aliphatic rings. The number of hydrogen-bond donors (Lipinski definition) is 1. The van der Waals surface area contributed by atoms with Gasteiger partial charge in [-0.1, -0.05) is 39.5 Å². The fourth-order valence-corrected chi connectivity index (χ4v) is 4.15. The molecule has 0 aliphatic heterocycles. The molecule has 2 fully saturated rings. The van der Waals surface area contributed by atoms with Gasteiger partial charge in [0.2, 0.25) is 0 Å². The molecular weight excluding hydrogens is 194 g/mol. The molecule has 16 heavy (non-hydrogen) atoms. The third-order valence-electron chi connectivity index (χ3n) is 5.58. The lowest BCUT2D eigenvalue weighted by Crippen LogP contribution is -2.46. The summed E-state index contributed by atoms with van der Waals surface area (Å²) in [5, 5.41) is 0. The third-order valence-corrected chi connectivity index (χ3v) is 5.58. The first-order valence-corrected chi connectivity index (χ1v) is 7.43. The second-order valence-electron chi connectivity index (χ2n) is 6.47. The minimum Gasteiger partial charge on any atom is -0.327 e. The maximum atomic E-state index is 6.64. The van der Waals surface area contributed by atoms with Crippen LogP contribution in [0.15, 0.2) is 0 Å². The Balaban J connectivity index is 1.97. The van der Waals surface area contributed by atoms with E-state index in [2.05, 4.69) is 13.8 Å². The van der Waals surface area contributed by atoms with Crippen molar-refractivity contribution in [3.05, 3.63) is 0 Å². The zero-order valence-electron chi connectivity index (χ0n) is 11.2. The number of nitrogens with two attached hydrogens (primary N) is 1. The molecule has 0 bridgehead atoms. The van der Waals surface area contributed by atoms with Crippen LogP contribution in [0.5, 0.6) is 0 Å². The van der Waals surface area contributed by atoms with Crippen molar-refractivity contribution in [3.63, 3.8) is 0 Å². The summed E-state index contributed by atoms with van der Waals surface area (Å²) in [7, 11) is 0. The number of hydrogen-bond acceptors (Lipinski definition) is 1. The van der Waals surface area contributed by atoms with Crippen molar-refractivity contribution in [2.45, 2.75) is 77.7 Å². The van der Waals surface area contributed by atoms with E-state index in [-0.39, 0.29) is 0 Å². The smallest absolute Gasteiger partial charge is 0.0124 e. The zero-order valence-corrected chi connectivity index (χ0v) is 11.2. The van der Waals surface area contributed by atoms with E-state index in [1.54, 1.807) is 0 Å². The minimum atomic E-state index is 0.493. The normalized spacial score (nSPS) is 36.2. The molecule has 2 saturated carbocycles. The Morgan fingerprint density at radius 2 is 1.69 bits per heavy atom. The lowest BCUT2D eigenvalue weighted by molar-refractivity contribution is 0.128. The van der Waals surface area contributed by atoms with Crippen LogP contribution in [-0.4, -0.2) is 6.04 Å². The van der Waals surface area contributed by atoms with Crippen LogP contribution in [0.1, 0.15) is 71.6 Å². The lowest BCUT2D eigenvalue weighted by Gasteiger charge is -2.41. The van der Waals surface area contributed by atoms with E-state index in [9.17, 15) is 0 Å². The molecule has 94 valence electrons. The van der Waals surface area contributed by atoms with E-state index in [0.717, 1.165) is 11.8 Å². The van der Waals surface area contributed by atoms with E-state index in [1.807, 2.05) is 0 Å². The van der Waals surface area contributed by atoms with Crippen LogP contribution < -0.4 is 5.73 Å². The Bertz CT molecular complexity index is 209. The molecular formula is C15H29N. The van der Waals surface area contributed by atoms with E-state index < -0.39 is 0 Å². The fraction of sp³-hybridized carbons (Fsp3) is 1.00. The van der Waals surface area contributed by atoms with Crippen molar-refractivity contribution in [2.24, 2.45) is 23.0 Å². The highest BCUT2D eigenvalue weighted by Crippen LogP contribution is 2.47. The highest BCUT2D eigenvalue weighted by Gasteiger charge is 2.41. The maximum absolute atomic E-state index is 6.64. The zero-order chi connectivity index (χ0) is 11.6. The first-order valence-electron chi connectivity index (χ1n) is 7.43. The van der Waals surface area contributed by atoms with Gasteiger partial charge in [0.15, 0.2) is 0 Å². The second kappa shape index (κ2) is 5.08. The summed E-state index contributed by atoms with van der Waals surface area (Å²) in [6, 6.07) is 0.493. The maximum Gasteiger partial charge on any atom is 0.0124 e. The van der Waals surface area contributed by atoms with Gasteiger partial charge in [-0.25, -0.2) is 0 Å². The van der Waals surface area contributed by atoms with Crippen molar-refractivity contribution in [1.29, 1.82) is 0 Å². The molecule has 0 aromatic heterocycles.